The van der Waals surface area contributed by atoms with Gasteiger partial charge in [0.25, 0.3) is 0 Å². The normalized spacial score (nSPS) is 23.7. The van der Waals surface area contributed by atoms with Crippen LogP contribution in [0.1, 0.15) is 65.2 Å². The van der Waals surface area contributed by atoms with Crippen LogP contribution in [0.15, 0.2) is 12.7 Å². The zero-order valence-electron chi connectivity index (χ0n) is 11.0. The van der Waals surface area contributed by atoms with Crippen LogP contribution < -0.4 is 0 Å². The Balaban J connectivity index is 2.72. The first kappa shape index (κ1) is 13.8. The molecular formula is C15H28O. The van der Waals surface area contributed by atoms with E-state index in [2.05, 4.69) is 26.5 Å². The summed E-state index contributed by atoms with van der Waals surface area (Å²) in [7, 11) is 0. The van der Waals surface area contributed by atoms with Gasteiger partial charge in [0.2, 0.25) is 0 Å². The second-order valence-electron chi connectivity index (χ2n) is 5.46. The molecule has 1 rings (SSSR count). The molecule has 0 heterocycles. The summed E-state index contributed by atoms with van der Waals surface area (Å²) in [5, 5.41) is 10.3. The van der Waals surface area contributed by atoms with Crippen LogP contribution in [0.3, 0.4) is 0 Å². The molecule has 1 N–H and O–H groups in total. The fourth-order valence-corrected chi connectivity index (χ4v) is 3.28. The van der Waals surface area contributed by atoms with Crippen LogP contribution in [-0.2, 0) is 0 Å². The smallest absolute Gasteiger partial charge is 0.0594 e. The van der Waals surface area contributed by atoms with Gasteiger partial charge in [-0.25, -0.2) is 0 Å². The maximum Gasteiger partial charge on any atom is 0.0594 e. The standard InChI is InChI=1S/C15H28O/c1-4-13(5-2)12-15(14(16)6-3)10-8-7-9-11-15/h4,13-14,16H,1,5-12H2,2-3H3/t13-,14?/m1/s1. The first-order chi connectivity index (χ1) is 7.68. The summed E-state index contributed by atoms with van der Waals surface area (Å²) in [4.78, 5) is 0. The molecule has 0 aromatic carbocycles. The van der Waals surface area contributed by atoms with E-state index in [0.717, 1.165) is 19.3 Å². The molecule has 0 aromatic rings. The van der Waals surface area contributed by atoms with Gasteiger partial charge >= 0.3 is 0 Å². The minimum absolute atomic E-state index is 0.109. The molecule has 1 saturated carbocycles. The van der Waals surface area contributed by atoms with Crippen molar-refractivity contribution < 1.29 is 5.11 Å². The van der Waals surface area contributed by atoms with Crippen molar-refractivity contribution in [2.45, 2.75) is 71.3 Å². The Kier molecular flexibility index (Phi) is 5.54. The minimum Gasteiger partial charge on any atom is -0.393 e. The Bertz CT molecular complexity index is 203. The SMILES string of the molecule is C=C[C@H](CC)CC1(C(O)CC)CCCCC1. The summed E-state index contributed by atoms with van der Waals surface area (Å²) in [5.41, 5.74) is 0.196. The Morgan fingerprint density at radius 3 is 2.25 bits per heavy atom. The van der Waals surface area contributed by atoms with Gasteiger partial charge in [-0.05, 0) is 43.4 Å². The second kappa shape index (κ2) is 6.44. The third-order valence-electron chi connectivity index (χ3n) is 4.47. The largest absolute Gasteiger partial charge is 0.393 e. The van der Waals surface area contributed by atoms with Crippen molar-refractivity contribution in [3.05, 3.63) is 12.7 Å². The fraction of sp³-hybridized carbons (Fsp3) is 0.867. The molecule has 94 valence electrons. The summed E-state index contributed by atoms with van der Waals surface area (Å²) < 4.78 is 0. The van der Waals surface area contributed by atoms with Gasteiger partial charge in [-0.15, -0.1) is 6.58 Å². The molecule has 0 aromatic heterocycles. The Labute approximate surface area is 101 Å². The molecule has 1 aliphatic carbocycles. The lowest BCUT2D eigenvalue weighted by Gasteiger charge is -2.43. The van der Waals surface area contributed by atoms with Crippen LogP contribution >= 0.6 is 0 Å². The Morgan fingerprint density at radius 1 is 1.19 bits per heavy atom. The number of allylic oxidation sites excluding steroid dienone is 1. The molecule has 1 unspecified atom stereocenters. The lowest BCUT2D eigenvalue weighted by atomic mass is 9.65. The second-order valence-corrected chi connectivity index (χ2v) is 5.46. The maximum atomic E-state index is 10.3. The van der Waals surface area contributed by atoms with E-state index in [4.69, 9.17) is 0 Å². The lowest BCUT2D eigenvalue weighted by molar-refractivity contribution is -0.0202. The highest BCUT2D eigenvalue weighted by Gasteiger charge is 2.38. The van der Waals surface area contributed by atoms with Gasteiger partial charge in [-0.1, -0.05) is 39.2 Å². The minimum atomic E-state index is -0.109. The summed E-state index contributed by atoms with van der Waals surface area (Å²) in [6.45, 7) is 8.26. The van der Waals surface area contributed by atoms with Crippen molar-refractivity contribution in [2.24, 2.45) is 11.3 Å². The predicted molar refractivity (Wildman–Crippen MR) is 70.4 cm³/mol. The first-order valence-electron chi connectivity index (χ1n) is 6.99. The van der Waals surface area contributed by atoms with Gasteiger partial charge in [0.1, 0.15) is 0 Å². The third kappa shape index (κ3) is 3.10. The lowest BCUT2D eigenvalue weighted by Crippen LogP contribution is -2.38. The van der Waals surface area contributed by atoms with Crippen LogP contribution in [0, 0.1) is 11.3 Å². The van der Waals surface area contributed by atoms with Gasteiger partial charge in [-0.2, -0.15) is 0 Å². The van der Waals surface area contributed by atoms with Crippen molar-refractivity contribution in [3.63, 3.8) is 0 Å². The average molecular weight is 224 g/mol. The summed E-state index contributed by atoms with van der Waals surface area (Å²) in [5.74, 6) is 0.583. The zero-order valence-corrected chi connectivity index (χ0v) is 11.0. The van der Waals surface area contributed by atoms with Crippen molar-refractivity contribution in [1.29, 1.82) is 0 Å². The number of aliphatic hydroxyl groups excluding tert-OH is 1. The van der Waals surface area contributed by atoms with Gasteiger partial charge < -0.3 is 5.11 Å². The molecule has 0 aliphatic heterocycles. The number of hydrogen-bond donors (Lipinski definition) is 1. The van der Waals surface area contributed by atoms with E-state index >= 15 is 0 Å². The maximum absolute atomic E-state index is 10.3. The molecule has 0 saturated heterocycles. The number of rotatable bonds is 6. The van der Waals surface area contributed by atoms with Crippen LogP contribution in [-0.4, -0.2) is 11.2 Å². The molecule has 0 amide bonds. The van der Waals surface area contributed by atoms with E-state index < -0.39 is 0 Å². The average Bonchev–Trinajstić information content (AvgIpc) is 2.36. The summed E-state index contributed by atoms with van der Waals surface area (Å²) in [6.07, 6.45) is 11.5. The predicted octanol–water partition coefficient (Wildman–Crippen LogP) is 4.31. The van der Waals surface area contributed by atoms with Gasteiger partial charge in [0, 0.05) is 0 Å². The van der Waals surface area contributed by atoms with Crippen molar-refractivity contribution in [2.75, 3.05) is 0 Å². The summed E-state index contributed by atoms with van der Waals surface area (Å²) >= 11 is 0. The van der Waals surface area contributed by atoms with Gasteiger partial charge in [0.05, 0.1) is 6.10 Å². The number of hydrogen-bond acceptors (Lipinski definition) is 1. The molecule has 16 heavy (non-hydrogen) atoms. The van der Waals surface area contributed by atoms with Crippen molar-refractivity contribution in [1.82, 2.24) is 0 Å². The van der Waals surface area contributed by atoms with Crippen LogP contribution in [0.5, 0.6) is 0 Å². The molecule has 1 aliphatic rings. The van der Waals surface area contributed by atoms with E-state index in [9.17, 15) is 5.11 Å². The quantitative estimate of drug-likeness (QED) is 0.667. The topological polar surface area (TPSA) is 20.2 Å². The molecular weight excluding hydrogens is 196 g/mol. The van der Waals surface area contributed by atoms with Crippen molar-refractivity contribution in [3.8, 4) is 0 Å². The molecule has 1 heteroatoms. The summed E-state index contributed by atoms with van der Waals surface area (Å²) in [6, 6.07) is 0. The Morgan fingerprint density at radius 2 is 1.81 bits per heavy atom. The molecule has 0 radical (unpaired) electrons. The number of aliphatic hydroxyl groups is 1. The van der Waals surface area contributed by atoms with E-state index in [0.29, 0.717) is 5.92 Å². The van der Waals surface area contributed by atoms with Crippen LogP contribution in [0.4, 0.5) is 0 Å². The molecule has 1 nitrogen and oxygen atoms in total. The monoisotopic (exact) mass is 224 g/mol. The first-order valence-corrected chi connectivity index (χ1v) is 6.99. The van der Waals surface area contributed by atoms with E-state index in [-0.39, 0.29) is 11.5 Å². The van der Waals surface area contributed by atoms with E-state index in [1.807, 2.05) is 0 Å². The highest BCUT2D eigenvalue weighted by molar-refractivity contribution is 4.93. The third-order valence-corrected chi connectivity index (χ3v) is 4.47. The van der Waals surface area contributed by atoms with Gasteiger partial charge in [-0.3, -0.25) is 0 Å². The van der Waals surface area contributed by atoms with Crippen LogP contribution in [0.2, 0.25) is 0 Å². The van der Waals surface area contributed by atoms with E-state index in [1.165, 1.54) is 32.1 Å². The van der Waals surface area contributed by atoms with Crippen LogP contribution in [0.25, 0.3) is 0 Å². The van der Waals surface area contributed by atoms with Gasteiger partial charge in [0.15, 0.2) is 0 Å². The zero-order chi connectivity index (χ0) is 12.0. The molecule has 0 bridgehead atoms. The molecule has 0 spiro atoms. The molecule has 2 atom stereocenters. The van der Waals surface area contributed by atoms with E-state index in [1.54, 1.807) is 0 Å². The van der Waals surface area contributed by atoms with Crippen molar-refractivity contribution >= 4 is 0 Å². The highest BCUT2D eigenvalue weighted by Crippen LogP contribution is 2.45. The fourth-order valence-electron chi connectivity index (χ4n) is 3.28. The molecule has 1 fully saturated rings. The Hall–Kier alpha value is -0.300. The highest BCUT2D eigenvalue weighted by atomic mass is 16.3.